The van der Waals surface area contributed by atoms with Gasteiger partial charge in [0.15, 0.2) is 0 Å². The van der Waals surface area contributed by atoms with Crippen LogP contribution >= 0.6 is 13.5 Å². The third-order valence-corrected chi connectivity index (χ3v) is 5.40. The minimum atomic E-state index is 0. The number of carbonyl (C=O) groups excluding carboxylic acids is 1. The fraction of sp³-hybridized carbons (Fsp3) is 0.500. The van der Waals surface area contributed by atoms with Gasteiger partial charge in [0.25, 0.3) is 0 Å². The third-order valence-electron chi connectivity index (χ3n) is 5.40. The first-order valence-corrected chi connectivity index (χ1v) is 9.33. The van der Waals surface area contributed by atoms with Gasteiger partial charge >= 0.3 is 0 Å². The van der Waals surface area contributed by atoms with E-state index in [4.69, 9.17) is 0 Å². The Hall–Kier alpha value is -1.79. The number of hydrogen-bond donors (Lipinski definition) is 1. The van der Waals surface area contributed by atoms with E-state index in [0.717, 1.165) is 63.3 Å². The lowest BCUT2D eigenvalue weighted by molar-refractivity contribution is -0.136. The molecule has 0 bridgehead atoms. The van der Waals surface area contributed by atoms with Crippen LogP contribution in [-0.2, 0) is 4.79 Å². The molecule has 0 unspecified atom stereocenters. The van der Waals surface area contributed by atoms with Crippen LogP contribution in [0.2, 0.25) is 0 Å². The second kappa shape index (κ2) is 8.27. The van der Waals surface area contributed by atoms with Gasteiger partial charge in [0.1, 0.15) is 0 Å². The zero-order chi connectivity index (χ0) is 17.2. The Bertz CT molecular complexity index is 767. The molecule has 0 aliphatic carbocycles. The largest absolute Gasteiger partial charge is 0.367 e. The number of piperidine rings is 1. The van der Waals surface area contributed by atoms with E-state index < -0.39 is 0 Å². The maximum atomic E-state index is 12.7. The van der Waals surface area contributed by atoms with Gasteiger partial charge in [-0.2, -0.15) is 13.5 Å². The highest BCUT2D eigenvalue weighted by atomic mass is 32.1. The lowest BCUT2D eigenvalue weighted by Gasteiger charge is -2.38. The van der Waals surface area contributed by atoms with Gasteiger partial charge in [0.2, 0.25) is 5.91 Å². The molecule has 1 atom stereocenters. The van der Waals surface area contributed by atoms with Crippen LogP contribution in [0.25, 0.3) is 10.9 Å². The van der Waals surface area contributed by atoms with Crippen LogP contribution in [0.1, 0.15) is 18.5 Å². The lowest BCUT2D eigenvalue weighted by Crippen LogP contribution is -2.52. The molecule has 0 saturated carbocycles. The number of carbonyl (C=O) groups is 1. The van der Waals surface area contributed by atoms with E-state index in [2.05, 4.69) is 44.4 Å². The predicted molar refractivity (Wildman–Crippen MR) is 111 cm³/mol. The van der Waals surface area contributed by atoms with Crippen molar-refractivity contribution >= 4 is 36.0 Å². The first-order valence-electron chi connectivity index (χ1n) is 9.33. The molecule has 2 aliphatic heterocycles. The second-order valence-electron chi connectivity index (χ2n) is 7.16. The summed E-state index contributed by atoms with van der Waals surface area (Å²) >= 11 is 0. The Balaban J connectivity index is 0.00000196. The molecule has 2 aliphatic rings. The molecule has 1 aromatic heterocycles. The summed E-state index contributed by atoms with van der Waals surface area (Å²) in [6.45, 7) is 7.33. The highest BCUT2D eigenvalue weighted by Gasteiger charge is 2.28. The first kappa shape index (κ1) is 19.0. The number of nitrogens with zero attached hydrogens (tertiary/aromatic N) is 3. The molecule has 4 rings (SSSR count). The Labute approximate surface area is 162 Å². The Morgan fingerprint density at radius 1 is 1.19 bits per heavy atom. The molecule has 140 valence electrons. The standard InChI is InChI=1S/C20H26N4O.H2S/c1-15-13-19(17-6-2-3-7-18(17)22-15)23-9-11-24(12-10-23)20(25)16-5-4-8-21-14-16;/h2-3,6-7,13,16,21H,4-5,8-12,14H2,1H3;1H2/t16-;/m0./s1. The number of amides is 1. The van der Waals surface area contributed by atoms with Crippen molar-refractivity contribution in [2.24, 2.45) is 5.92 Å². The number of benzene rings is 1. The average Bonchev–Trinajstić information content (AvgIpc) is 2.67. The molecule has 2 aromatic rings. The first-order chi connectivity index (χ1) is 12.2. The van der Waals surface area contributed by atoms with Gasteiger partial charge in [-0.05, 0) is 38.4 Å². The monoisotopic (exact) mass is 372 g/mol. The fourth-order valence-electron chi connectivity index (χ4n) is 4.04. The van der Waals surface area contributed by atoms with Crippen LogP contribution in [0.5, 0.6) is 0 Å². The van der Waals surface area contributed by atoms with Crippen molar-refractivity contribution in [3.8, 4) is 0 Å². The minimum Gasteiger partial charge on any atom is -0.367 e. The van der Waals surface area contributed by atoms with E-state index in [-0.39, 0.29) is 19.4 Å². The van der Waals surface area contributed by atoms with E-state index >= 15 is 0 Å². The molecule has 5 nitrogen and oxygen atoms in total. The number of anilines is 1. The van der Waals surface area contributed by atoms with Crippen molar-refractivity contribution < 1.29 is 4.79 Å². The van der Waals surface area contributed by atoms with E-state index in [1.54, 1.807) is 0 Å². The second-order valence-corrected chi connectivity index (χ2v) is 7.16. The number of aryl methyl sites for hydroxylation is 1. The summed E-state index contributed by atoms with van der Waals surface area (Å²) in [6, 6.07) is 10.5. The van der Waals surface area contributed by atoms with Crippen molar-refractivity contribution in [1.82, 2.24) is 15.2 Å². The van der Waals surface area contributed by atoms with Crippen LogP contribution in [-0.4, -0.2) is 55.1 Å². The van der Waals surface area contributed by atoms with E-state index in [1.165, 1.54) is 11.1 Å². The average molecular weight is 373 g/mol. The molecule has 0 spiro atoms. The van der Waals surface area contributed by atoms with E-state index in [1.807, 2.05) is 13.0 Å². The summed E-state index contributed by atoms with van der Waals surface area (Å²) in [4.78, 5) is 21.8. The normalized spacial score (nSPS) is 20.7. The number of rotatable bonds is 2. The fourth-order valence-corrected chi connectivity index (χ4v) is 4.04. The Morgan fingerprint density at radius 3 is 2.69 bits per heavy atom. The summed E-state index contributed by atoms with van der Waals surface area (Å²) in [7, 11) is 0. The molecule has 3 heterocycles. The number of pyridine rings is 1. The van der Waals surface area contributed by atoms with Crippen LogP contribution in [0.3, 0.4) is 0 Å². The highest BCUT2D eigenvalue weighted by molar-refractivity contribution is 7.59. The Morgan fingerprint density at radius 2 is 1.96 bits per heavy atom. The van der Waals surface area contributed by atoms with Gasteiger partial charge in [-0.1, -0.05) is 18.2 Å². The predicted octanol–water partition coefficient (Wildman–Crippen LogP) is 2.30. The third kappa shape index (κ3) is 3.81. The maximum absolute atomic E-state index is 12.7. The SMILES string of the molecule is Cc1cc(N2CCN(C(=O)[C@H]3CCCNC3)CC2)c2ccccc2n1.S. The topological polar surface area (TPSA) is 48.5 Å². The number of hydrogen-bond acceptors (Lipinski definition) is 4. The van der Waals surface area contributed by atoms with Crippen LogP contribution in [0, 0.1) is 12.8 Å². The molecule has 26 heavy (non-hydrogen) atoms. The number of aromatic nitrogens is 1. The zero-order valence-corrected chi connectivity index (χ0v) is 16.4. The molecule has 6 heteroatoms. The highest BCUT2D eigenvalue weighted by Crippen LogP contribution is 2.28. The maximum Gasteiger partial charge on any atom is 0.227 e. The van der Waals surface area contributed by atoms with Crippen molar-refractivity contribution in [2.75, 3.05) is 44.2 Å². The Kier molecular flexibility index (Phi) is 6.04. The van der Waals surface area contributed by atoms with Gasteiger partial charge in [0, 0.05) is 49.5 Å². The van der Waals surface area contributed by atoms with E-state index in [9.17, 15) is 4.79 Å². The molecule has 1 N–H and O–H groups in total. The lowest BCUT2D eigenvalue weighted by atomic mass is 9.98. The number of fused-ring (bicyclic) bond motifs is 1. The zero-order valence-electron chi connectivity index (χ0n) is 15.4. The van der Waals surface area contributed by atoms with Crippen molar-refractivity contribution in [3.05, 3.63) is 36.0 Å². The van der Waals surface area contributed by atoms with Gasteiger partial charge in [-0.25, -0.2) is 0 Å². The summed E-state index contributed by atoms with van der Waals surface area (Å²) in [5.41, 5.74) is 3.33. The molecule has 1 aromatic carbocycles. The molecule has 2 saturated heterocycles. The number of piperazine rings is 1. The molecular formula is C20H28N4OS. The minimum absolute atomic E-state index is 0. The quantitative estimate of drug-likeness (QED) is 0.879. The van der Waals surface area contributed by atoms with Crippen LogP contribution in [0.15, 0.2) is 30.3 Å². The van der Waals surface area contributed by atoms with Crippen molar-refractivity contribution in [2.45, 2.75) is 19.8 Å². The van der Waals surface area contributed by atoms with E-state index in [0.29, 0.717) is 5.91 Å². The van der Waals surface area contributed by atoms with Gasteiger partial charge in [-0.15, -0.1) is 0 Å². The van der Waals surface area contributed by atoms with Gasteiger partial charge in [0.05, 0.1) is 11.4 Å². The van der Waals surface area contributed by atoms with Crippen molar-refractivity contribution in [3.63, 3.8) is 0 Å². The summed E-state index contributed by atoms with van der Waals surface area (Å²) in [5.74, 6) is 0.506. The molecular weight excluding hydrogens is 344 g/mol. The summed E-state index contributed by atoms with van der Waals surface area (Å²) < 4.78 is 0. The van der Waals surface area contributed by atoms with Gasteiger partial charge in [-0.3, -0.25) is 9.78 Å². The smallest absolute Gasteiger partial charge is 0.227 e. The van der Waals surface area contributed by atoms with Crippen LogP contribution < -0.4 is 10.2 Å². The summed E-state index contributed by atoms with van der Waals surface area (Å²) in [5, 5.41) is 4.55. The van der Waals surface area contributed by atoms with Crippen LogP contribution in [0.4, 0.5) is 5.69 Å². The number of nitrogens with one attached hydrogen (secondary N) is 1. The molecule has 0 radical (unpaired) electrons. The molecule has 2 fully saturated rings. The molecule has 1 amide bonds. The summed E-state index contributed by atoms with van der Waals surface area (Å²) in [6.07, 6.45) is 2.14. The van der Waals surface area contributed by atoms with Crippen molar-refractivity contribution in [1.29, 1.82) is 0 Å². The number of para-hydroxylation sites is 1. The van der Waals surface area contributed by atoms with Gasteiger partial charge < -0.3 is 15.1 Å².